The minimum Gasteiger partial charge on any atom is -0.496 e. The van der Waals surface area contributed by atoms with Crippen molar-refractivity contribution in [2.45, 2.75) is 19.6 Å². The fourth-order valence-corrected chi connectivity index (χ4v) is 3.14. The molecule has 84 valence electrons. The molecule has 0 N–H and O–H groups in total. The molecule has 0 bridgehead atoms. The van der Waals surface area contributed by atoms with Crippen LogP contribution < -0.4 is 4.74 Å². The molecule has 0 radical (unpaired) electrons. The zero-order valence-corrected chi connectivity index (χ0v) is 11.2. The van der Waals surface area contributed by atoms with Gasteiger partial charge in [0.05, 0.1) is 21.3 Å². The monoisotopic (exact) mass is 231 g/mol. The number of ether oxygens (including phenoxy) is 1. The molecule has 0 spiro atoms. The van der Waals surface area contributed by atoms with Crippen molar-refractivity contribution < 1.29 is 4.74 Å². The van der Waals surface area contributed by atoms with E-state index in [0.717, 1.165) is 16.5 Å². The summed E-state index contributed by atoms with van der Waals surface area (Å²) in [5.74, 6) is 0.839. The zero-order valence-electron chi connectivity index (χ0n) is 10.2. The van der Waals surface area contributed by atoms with Crippen molar-refractivity contribution >= 4 is 13.3 Å². The van der Waals surface area contributed by atoms with E-state index in [1.807, 2.05) is 24.3 Å². The summed E-state index contributed by atoms with van der Waals surface area (Å²) in [5.41, 5.74) is 1.05. The van der Waals surface area contributed by atoms with Crippen molar-refractivity contribution in [1.82, 2.24) is 0 Å². The SMILES string of the molecule is COc1ccccc1/C(=C/C#N)[Si](C)(C)C. The molecule has 0 unspecified atom stereocenters. The number of nitriles is 1. The lowest BCUT2D eigenvalue weighted by Crippen LogP contribution is -2.23. The lowest BCUT2D eigenvalue weighted by atomic mass is 10.2. The summed E-state index contributed by atoms with van der Waals surface area (Å²) in [7, 11) is 0.122. The van der Waals surface area contributed by atoms with Crippen LogP contribution in [0.3, 0.4) is 0 Å². The summed E-state index contributed by atoms with van der Waals surface area (Å²) >= 11 is 0. The van der Waals surface area contributed by atoms with Crippen LogP contribution in [0.1, 0.15) is 5.56 Å². The van der Waals surface area contributed by atoms with Crippen LogP contribution in [0.25, 0.3) is 5.20 Å². The molecule has 1 rings (SSSR count). The van der Waals surface area contributed by atoms with Gasteiger partial charge in [-0.25, -0.2) is 0 Å². The van der Waals surface area contributed by atoms with E-state index >= 15 is 0 Å². The maximum absolute atomic E-state index is 8.88. The standard InChI is InChI=1S/C13H17NOSi/c1-15-12-8-6-5-7-11(12)13(9-10-14)16(2,3)4/h5-9H,1-4H3/b13-9-. The van der Waals surface area contributed by atoms with Crippen molar-refractivity contribution in [3.05, 3.63) is 35.9 Å². The van der Waals surface area contributed by atoms with Crippen molar-refractivity contribution in [3.63, 3.8) is 0 Å². The van der Waals surface area contributed by atoms with Gasteiger partial charge >= 0.3 is 0 Å². The highest BCUT2D eigenvalue weighted by Gasteiger charge is 2.23. The maximum atomic E-state index is 8.88. The Bertz CT molecular complexity index is 438. The third-order valence-corrected chi connectivity index (χ3v) is 4.44. The van der Waals surface area contributed by atoms with Crippen LogP contribution in [-0.2, 0) is 0 Å². The van der Waals surface area contributed by atoms with Crippen molar-refractivity contribution in [3.8, 4) is 11.8 Å². The summed E-state index contributed by atoms with van der Waals surface area (Å²) in [4.78, 5) is 0. The number of hydrogen-bond acceptors (Lipinski definition) is 2. The van der Waals surface area contributed by atoms with E-state index in [4.69, 9.17) is 10.00 Å². The van der Waals surface area contributed by atoms with E-state index in [9.17, 15) is 0 Å². The molecule has 0 amide bonds. The molecule has 0 heterocycles. The molecule has 0 aliphatic rings. The van der Waals surface area contributed by atoms with Gasteiger partial charge in [0.2, 0.25) is 0 Å². The van der Waals surface area contributed by atoms with Crippen LogP contribution in [0.4, 0.5) is 0 Å². The first kappa shape index (κ1) is 12.5. The summed E-state index contributed by atoms with van der Waals surface area (Å²) in [6, 6.07) is 10.0. The molecule has 1 aromatic carbocycles. The van der Waals surface area contributed by atoms with Crippen LogP contribution in [0, 0.1) is 11.3 Å². The van der Waals surface area contributed by atoms with Gasteiger partial charge in [-0.05, 0) is 11.3 Å². The van der Waals surface area contributed by atoms with Crippen LogP contribution in [0.15, 0.2) is 30.3 Å². The summed E-state index contributed by atoms with van der Waals surface area (Å²) < 4.78 is 5.34. The predicted molar refractivity (Wildman–Crippen MR) is 69.9 cm³/mol. The van der Waals surface area contributed by atoms with Gasteiger partial charge in [-0.3, -0.25) is 0 Å². The van der Waals surface area contributed by atoms with Gasteiger partial charge in [-0.2, -0.15) is 5.26 Å². The van der Waals surface area contributed by atoms with Gasteiger partial charge in [-0.1, -0.05) is 37.8 Å². The highest BCUT2D eigenvalue weighted by Crippen LogP contribution is 2.32. The molecule has 0 atom stereocenters. The number of nitrogens with zero attached hydrogens (tertiary/aromatic N) is 1. The van der Waals surface area contributed by atoms with Gasteiger partial charge in [-0.15, -0.1) is 0 Å². The first-order valence-corrected chi connectivity index (χ1v) is 8.74. The average Bonchev–Trinajstić information content (AvgIpc) is 2.24. The predicted octanol–water partition coefficient (Wildman–Crippen LogP) is 3.48. The molecule has 3 heteroatoms. The minimum absolute atomic E-state index is 0.839. The third kappa shape index (κ3) is 2.74. The highest BCUT2D eigenvalue weighted by atomic mass is 28.3. The lowest BCUT2D eigenvalue weighted by Gasteiger charge is -2.22. The second kappa shape index (κ2) is 5.00. The number of benzene rings is 1. The van der Waals surface area contributed by atoms with Gasteiger partial charge in [0.15, 0.2) is 0 Å². The van der Waals surface area contributed by atoms with E-state index in [2.05, 4.69) is 25.7 Å². The topological polar surface area (TPSA) is 33.0 Å². The summed E-state index contributed by atoms with van der Waals surface area (Å²) in [5, 5.41) is 10.0. The lowest BCUT2D eigenvalue weighted by molar-refractivity contribution is 0.413. The first-order chi connectivity index (χ1) is 7.50. The molecule has 0 fully saturated rings. The van der Waals surface area contributed by atoms with Gasteiger partial charge in [0, 0.05) is 11.6 Å². The number of hydrogen-bond donors (Lipinski definition) is 0. The van der Waals surface area contributed by atoms with Gasteiger partial charge in [0.1, 0.15) is 5.75 Å². The van der Waals surface area contributed by atoms with E-state index in [1.165, 1.54) is 0 Å². The number of allylic oxidation sites excluding steroid dienone is 1. The minimum atomic E-state index is -1.54. The number of rotatable bonds is 3. The average molecular weight is 231 g/mol. The largest absolute Gasteiger partial charge is 0.496 e. The Morgan fingerprint density at radius 2 is 1.94 bits per heavy atom. The van der Waals surface area contributed by atoms with Crippen LogP contribution in [-0.4, -0.2) is 15.2 Å². The molecule has 16 heavy (non-hydrogen) atoms. The molecule has 2 nitrogen and oxygen atoms in total. The fraction of sp³-hybridized carbons (Fsp3) is 0.308. The fourth-order valence-electron chi connectivity index (χ4n) is 1.63. The Morgan fingerprint density at radius 1 is 1.31 bits per heavy atom. The van der Waals surface area contributed by atoms with Crippen LogP contribution in [0.2, 0.25) is 19.6 Å². The zero-order chi connectivity index (χ0) is 12.2. The Labute approximate surface area is 98.2 Å². The smallest absolute Gasteiger partial charge is 0.125 e. The second-order valence-electron chi connectivity index (χ2n) is 4.64. The van der Waals surface area contributed by atoms with Crippen molar-refractivity contribution in [2.75, 3.05) is 7.11 Å². The van der Waals surface area contributed by atoms with E-state index in [1.54, 1.807) is 13.2 Å². The summed E-state index contributed by atoms with van der Waals surface area (Å²) in [6.45, 7) is 6.67. The Balaban J connectivity index is 3.34. The molecule has 0 aliphatic carbocycles. The highest BCUT2D eigenvalue weighted by molar-refractivity contribution is 6.93. The number of methoxy groups -OCH3 is 1. The Morgan fingerprint density at radius 3 is 2.44 bits per heavy atom. The third-order valence-electron chi connectivity index (χ3n) is 2.41. The molecular formula is C13H17NOSi. The first-order valence-electron chi connectivity index (χ1n) is 5.24. The second-order valence-corrected chi connectivity index (χ2v) is 9.68. The normalized spacial score (nSPS) is 12.1. The molecule has 0 saturated heterocycles. The molecule has 0 saturated carbocycles. The van der Waals surface area contributed by atoms with E-state index in [-0.39, 0.29) is 0 Å². The number of para-hydroxylation sites is 1. The quantitative estimate of drug-likeness (QED) is 0.589. The van der Waals surface area contributed by atoms with Gasteiger partial charge in [0.25, 0.3) is 0 Å². The van der Waals surface area contributed by atoms with E-state index < -0.39 is 8.07 Å². The van der Waals surface area contributed by atoms with E-state index in [0.29, 0.717) is 0 Å². The van der Waals surface area contributed by atoms with Crippen LogP contribution in [0.5, 0.6) is 5.75 Å². The van der Waals surface area contributed by atoms with Gasteiger partial charge < -0.3 is 4.74 Å². The Hall–Kier alpha value is -1.53. The van der Waals surface area contributed by atoms with Crippen LogP contribution >= 0.6 is 0 Å². The van der Waals surface area contributed by atoms with Crippen molar-refractivity contribution in [2.24, 2.45) is 0 Å². The molecule has 0 aromatic heterocycles. The molecule has 0 aliphatic heterocycles. The Kier molecular flexibility index (Phi) is 3.91. The van der Waals surface area contributed by atoms with Crippen molar-refractivity contribution in [1.29, 1.82) is 5.26 Å². The molecule has 1 aromatic rings. The maximum Gasteiger partial charge on any atom is 0.125 e. The molecular weight excluding hydrogens is 214 g/mol. The summed E-state index contributed by atoms with van der Waals surface area (Å²) in [6.07, 6.45) is 1.66.